The summed E-state index contributed by atoms with van der Waals surface area (Å²) in [6, 6.07) is 12.0. The topological polar surface area (TPSA) is 84.8 Å². The van der Waals surface area contributed by atoms with E-state index in [1.165, 1.54) is 22.8 Å². The van der Waals surface area contributed by atoms with Crippen molar-refractivity contribution in [1.82, 2.24) is 9.47 Å². The van der Waals surface area contributed by atoms with E-state index in [0.29, 0.717) is 28.0 Å². The van der Waals surface area contributed by atoms with Gasteiger partial charge in [0.1, 0.15) is 25.6 Å². The van der Waals surface area contributed by atoms with Crippen LogP contribution in [0.2, 0.25) is 0 Å². The van der Waals surface area contributed by atoms with Gasteiger partial charge in [-0.3, -0.25) is 4.90 Å². The third kappa shape index (κ3) is 7.24. The highest BCUT2D eigenvalue weighted by Gasteiger charge is 2.50. The number of hydrogen-bond donors (Lipinski definition) is 2. The van der Waals surface area contributed by atoms with Crippen molar-refractivity contribution in [3.8, 4) is 17.6 Å². The maximum atomic E-state index is 13.7. The van der Waals surface area contributed by atoms with Gasteiger partial charge in [-0.25, -0.2) is 12.8 Å². The van der Waals surface area contributed by atoms with Crippen LogP contribution in [0, 0.1) is 17.3 Å². The minimum Gasteiger partial charge on any atom is -0.489 e. The maximum Gasteiger partial charge on any atom is 0.406 e. The molecule has 0 unspecified atom stereocenters. The van der Waals surface area contributed by atoms with Crippen LogP contribution in [0.25, 0.3) is 10.9 Å². The standard InChI is InChI=1S/C33H38F4N4O4S/c1-46(42,43)26-11-12-29(31(17-26)45-15-13-34)38-14-3-4-25-16-27-28(5-2-6-30(27)41(25)20-33(35,36)37)39-23-7-9-24(10-8-23)40-18-32(19-40)21-44-22-32/h2,5-6,11-12,16-17,23-24,38-39H,7-10,13-15,18-22H2,1H3. The molecule has 1 aliphatic carbocycles. The van der Waals surface area contributed by atoms with Gasteiger partial charge in [0.2, 0.25) is 0 Å². The van der Waals surface area contributed by atoms with Crippen molar-refractivity contribution in [2.75, 3.05) is 63.0 Å². The summed E-state index contributed by atoms with van der Waals surface area (Å²) in [4.78, 5) is 2.58. The SMILES string of the molecule is CS(=O)(=O)c1ccc(NCC#Cc2cc3c(NC4CCC(N5CC6(COC6)C5)CC4)cccc3n2CC(F)(F)F)c(OCCF)c1. The summed E-state index contributed by atoms with van der Waals surface area (Å²) in [5.74, 6) is 5.90. The zero-order chi connectivity index (χ0) is 32.5. The van der Waals surface area contributed by atoms with E-state index in [4.69, 9.17) is 9.47 Å². The fourth-order valence-electron chi connectivity index (χ4n) is 6.74. The Morgan fingerprint density at radius 1 is 1.07 bits per heavy atom. The number of alkyl halides is 4. The molecule has 248 valence electrons. The monoisotopic (exact) mass is 662 g/mol. The van der Waals surface area contributed by atoms with Crippen molar-refractivity contribution in [1.29, 1.82) is 0 Å². The number of hydrogen-bond acceptors (Lipinski definition) is 7. The molecule has 3 fully saturated rings. The van der Waals surface area contributed by atoms with Gasteiger partial charge in [0.05, 0.1) is 41.6 Å². The third-order valence-electron chi connectivity index (χ3n) is 9.05. The maximum absolute atomic E-state index is 13.7. The second-order valence-electron chi connectivity index (χ2n) is 12.6. The molecule has 3 aliphatic rings. The third-order valence-corrected chi connectivity index (χ3v) is 10.2. The van der Waals surface area contributed by atoms with E-state index in [9.17, 15) is 26.0 Å². The Labute approximate surface area is 266 Å². The summed E-state index contributed by atoms with van der Waals surface area (Å²) in [7, 11) is -3.52. The summed E-state index contributed by atoms with van der Waals surface area (Å²) in [6.07, 6.45) is 0.755. The van der Waals surface area contributed by atoms with Gasteiger partial charge in [0.25, 0.3) is 0 Å². The van der Waals surface area contributed by atoms with Gasteiger partial charge in [-0.2, -0.15) is 13.2 Å². The van der Waals surface area contributed by atoms with Gasteiger partial charge in [0, 0.05) is 54.0 Å². The number of aromatic nitrogens is 1. The van der Waals surface area contributed by atoms with Crippen LogP contribution in [0.1, 0.15) is 31.4 Å². The first kappa shape index (κ1) is 32.5. The second kappa shape index (κ2) is 13.0. The molecule has 0 amide bonds. The molecule has 1 aromatic heterocycles. The van der Waals surface area contributed by atoms with Crippen molar-refractivity contribution < 1.29 is 35.5 Å². The highest BCUT2D eigenvalue weighted by molar-refractivity contribution is 7.90. The fraction of sp³-hybridized carbons (Fsp3) is 0.515. The van der Waals surface area contributed by atoms with Gasteiger partial charge in [-0.05, 0) is 61.9 Å². The quantitative estimate of drug-likeness (QED) is 0.220. The number of benzene rings is 2. The predicted molar refractivity (Wildman–Crippen MR) is 169 cm³/mol. The molecule has 3 heterocycles. The average molecular weight is 663 g/mol. The van der Waals surface area contributed by atoms with Crippen molar-refractivity contribution >= 4 is 32.1 Å². The Kier molecular flexibility index (Phi) is 9.15. The molecule has 0 bridgehead atoms. The molecular weight excluding hydrogens is 624 g/mol. The van der Waals surface area contributed by atoms with Crippen LogP contribution in [0.15, 0.2) is 47.4 Å². The average Bonchev–Trinajstić information content (AvgIpc) is 3.30. The molecule has 2 N–H and O–H groups in total. The van der Waals surface area contributed by atoms with Crippen molar-refractivity contribution in [3.63, 3.8) is 0 Å². The second-order valence-corrected chi connectivity index (χ2v) is 14.7. The fourth-order valence-corrected chi connectivity index (χ4v) is 7.37. The molecule has 13 heteroatoms. The van der Waals surface area contributed by atoms with Crippen molar-refractivity contribution in [3.05, 3.63) is 48.2 Å². The van der Waals surface area contributed by atoms with Gasteiger partial charge < -0.3 is 24.7 Å². The zero-order valence-electron chi connectivity index (χ0n) is 25.6. The molecule has 0 atom stereocenters. The van der Waals surface area contributed by atoms with Gasteiger partial charge in [-0.15, -0.1) is 0 Å². The number of sulfone groups is 1. The van der Waals surface area contributed by atoms with Crippen molar-refractivity contribution in [2.24, 2.45) is 5.41 Å². The minimum absolute atomic E-state index is 0.0145. The molecule has 46 heavy (non-hydrogen) atoms. The van der Waals surface area contributed by atoms with Crippen LogP contribution in [-0.2, 0) is 21.1 Å². The lowest BCUT2D eigenvalue weighted by atomic mass is 9.75. The van der Waals surface area contributed by atoms with Crippen LogP contribution in [0.4, 0.5) is 28.9 Å². The highest BCUT2D eigenvalue weighted by Crippen LogP contribution is 2.41. The lowest BCUT2D eigenvalue weighted by Gasteiger charge is -2.58. The Morgan fingerprint density at radius 3 is 2.48 bits per heavy atom. The Bertz CT molecular complexity index is 1730. The Morgan fingerprint density at radius 2 is 1.83 bits per heavy atom. The van der Waals surface area contributed by atoms with E-state index >= 15 is 0 Å². The first-order valence-electron chi connectivity index (χ1n) is 15.5. The number of nitrogens with zero attached hydrogens (tertiary/aromatic N) is 2. The normalized spacial score (nSPS) is 21.2. The molecule has 2 saturated heterocycles. The number of halogens is 4. The molecule has 8 nitrogen and oxygen atoms in total. The highest BCUT2D eigenvalue weighted by atomic mass is 32.2. The number of likely N-dealkylation sites (tertiary alicyclic amines) is 1. The molecule has 2 aliphatic heterocycles. The van der Waals surface area contributed by atoms with Crippen LogP contribution >= 0.6 is 0 Å². The van der Waals surface area contributed by atoms with Crippen LogP contribution in [-0.4, -0.2) is 88.5 Å². The molecule has 1 spiro atoms. The van der Waals surface area contributed by atoms with Gasteiger partial charge in [-0.1, -0.05) is 12.0 Å². The molecule has 1 saturated carbocycles. The summed E-state index contributed by atoms with van der Waals surface area (Å²) in [5, 5.41) is 7.29. The largest absolute Gasteiger partial charge is 0.489 e. The molecular formula is C33H38F4N4O4S. The Balaban J connectivity index is 1.16. The number of rotatable bonds is 10. The van der Waals surface area contributed by atoms with E-state index in [2.05, 4.69) is 27.4 Å². The molecule has 0 radical (unpaired) electrons. The smallest absolute Gasteiger partial charge is 0.406 e. The number of fused-ring (bicyclic) bond motifs is 1. The predicted octanol–water partition coefficient (Wildman–Crippen LogP) is 5.47. The summed E-state index contributed by atoms with van der Waals surface area (Å²) in [6.45, 7) is 1.79. The number of ether oxygens (including phenoxy) is 2. The minimum atomic E-state index is -4.45. The van der Waals surface area contributed by atoms with Gasteiger partial charge >= 0.3 is 6.18 Å². The zero-order valence-corrected chi connectivity index (χ0v) is 26.4. The lowest BCUT2D eigenvalue weighted by Crippen LogP contribution is -2.68. The van der Waals surface area contributed by atoms with Crippen LogP contribution < -0.4 is 15.4 Å². The van der Waals surface area contributed by atoms with E-state index < -0.39 is 29.2 Å². The van der Waals surface area contributed by atoms with Gasteiger partial charge in [0.15, 0.2) is 9.84 Å². The first-order valence-corrected chi connectivity index (χ1v) is 17.4. The van der Waals surface area contributed by atoms with E-state index in [1.54, 1.807) is 18.2 Å². The Hall–Kier alpha value is -3.47. The summed E-state index contributed by atoms with van der Waals surface area (Å²) >= 11 is 0. The van der Waals surface area contributed by atoms with E-state index in [1.807, 2.05) is 6.07 Å². The molecule has 2 aromatic carbocycles. The number of nitrogens with one attached hydrogen (secondary N) is 2. The summed E-state index contributed by atoms with van der Waals surface area (Å²) in [5.41, 5.74) is 2.24. The van der Waals surface area contributed by atoms with E-state index in [-0.39, 0.29) is 35.5 Å². The van der Waals surface area contributed by atoms with Crippen LogP contribution in [0.5, 0.6) is 5.75 Å². The molecule has 3 aromatic rings. The summed E-state index contributed by atoms with van der Waals surface area (Å²) < 4.78 is 89.7. The first-order chi connectivity index (χ1) is 21.9. The van der Waals surface area contributed by atoms with Crippen LogP contribution in [0.3, 0.4) is 0 Å². The van der Waals surface area contributed by atoms with E-state index in [0.717, 1.165) is 63.9 Å². The molecule has 6 rings (SSSR count). The number of anilines is 2. The lowest BCUT2D eigenvalue weighted by molar-refractivity contribution is -0.200. The van der Waals surface area contributed by atoms with Crippen molar-refractivity contribution in [2.45, 2.75) is 55.4 Å².